The molecule has 3 heterocycles. The van der Waals surface area contributed by atoms with E-state index in [0.717, 1.165) is 97.6 Å². The van der Waals surface area contributed by atoms with Gasteiger partial charge in [0.15, 0.2) is 0 Å². The van der Waals surface area contributed by atoms with E-state index in [4.69, 9.17) is 9.47 Å². The molecule has 2 aliphatic rings. The number of fused-ring (bicyclic) bond motifs is 2. The van der Waals surface area contributed by atoms with E-state index in [2.05, 4.69) is 37.2 Å². The normalized spacial score (nSPS) is 15.9. The largest absolute Gasteiger partial charge is 0.497 e. The zero-order valence-electron chi connectivity index (χ0n) is 21.2. The predicted octanol–water partition coefficient (Wildman–Crippen LogP) is 4.28. The summed E-state index contributed by atoms with van der Waals surface area (Å²) in [7, 11) is 1.68. The van der Waals surface area contributed by atoms with Crippen molar-refractivity contribution in [2.75, 3.05) is 68.2 Å². The van der Waals surface area contributed by atoms with Crippen LogP contribution in [0.2, 0.25) is 0 Å². The van der Waals surface area contributed by atoms with Crippen LogP contribution in [0, 0.1) is 0 Å². The minimum atomic E-state index is -0.134. The molecule has 2 aliphatic heterocycles. The maximum absolute atomic E-state index is 12.5. The Morgan fingerprint density at radius 1 is 1.16 bits per heavy atom. The van der Waals surface area contributed by atoms with Crippen molar-refractivity contribution in [2.24, 2.45) is 0 Å². The molecule has 0 bridgehead atoms. The lowest BCUT2D eigenvalue weighted by molar-refractivity contribution is -0.111. The van der Waals surface area contributed by atoms with E-state index in [9.17, 15) is 4.79 Å². The van der Waals surface area contributed by atoms with Crippen molar-refractivity contribution in [3.8, 4) is 5.75 Å². The second-order valence-corrected chi connectivity index (χ2v) is 10.2. The average Bonchev–Trinajstić information content (AvgIpc) is 3.35. The van der Waals surface area contributed by atoms with Crippen molar-refractivity contribution in [1.82, 2.24) is 14.9 Å². The number of carbonyl (C=O) groups excluding carboxylic acids is 1. The van der Waals surface area contributed by atoms with Gasteiger partial charge in [-0.2, -0.15) is 11.8 Å². The Morgan fingerprint density at radius 3 is 2.92 bits per heavy atom. The number of carbonyl (C=O) groups is 1. The number of ether oxygens (including phenoxy) is 2. The molecule has 5 rings (SSSR count). The van der Waals surface area contributed by atoms with Gasteiger partial charge in [0.2, 0.25) is 5.91 Å². The van der Waals surface area contributed by atoms with Crippen molar-refractivity contribution >= 4 is 45.8 Å². The van der Waals surface area contributed by atoms with Gasteiger partial charge in [-0.3, -0.25) is 9.69 Å². The number of aromatic nitrogens is 2. The van der Waals surface area contributed by atoms with Gasteiger partial charge in [0.1, 0.15) is 17.9 Å². The molecule has 194 valence electrons. The molecule has 3 aromatic rings. The van der Waals surface area contributed by atoms with Crippen molar-refractivity contribution in [3.05, 3.63) is 60.4 Å². The number of thioether (sulfide) groups is 1. The predicted molar refractivity (Wildman–Crippen MR) is 150 cm³/mol. The number of amides is 1. The highest BCUT2D eigenvalue weighted by molar-refractivity contribution is 7.99. The van der Waals surface area contributed by atoms with Gasteiger partial charge >= 0.3 is 0 Å². The smallest absolute Gasteiger partial charge is 0.248 e. The molecule has 0 spiro atoms. The topological polar surface area (TPSA) is 79.8 Å². The number of anilines is 3. The summed E-state index contributed by atoms with van der Waals surface area (Å²) in [6, 6.07) is 11.9. The Hall–Kier alpha value is -3.14. The van der Waals surface area contributed by atoms with E-state index in [0.29, 0.717) is 0 Å². The van der Waals surface area contributed by atoms with Gasteiger partial charge in [0.05, 0.1) is 25.8 Å². The molecule has 37 heavy (non-hydrogen) atoms. The fraction of sp³-hybridized carbons (Fsp3) is 0.393. The third-order valence-corrected chi connectivity index (χ3v) is 7.68. The van der Waals surface area contributed by atoms with E-state index in [1.165, 1.54) is 5.56 Å². The molecule has 1 amide bonds. The number of hydrogen-bond acceptors (Lipinski definition) is 8. The number of morpholine rings is 1. The first kappa shape index (κ1) is 25.5. The first-order valence-corrected chi connectivity index (χ1v) is 13.9. The van der Waals surface area contributed by atoms with Gasteiger partial charge in [0, 0.05) is 48.2 Å². The number of nitrogens with zero attached hydrogens (tertiary/aromatic N) is 4. The van der Waals surface area contributed by atoms with Crippen LogP contribution in [-0.4, -0.2) is 78.8 Å². The molecule has 1 aromatic heterocycles. The van der Waals surface area contributed by atoms with Crippen LogP contribution in [0.4, 0.5) is 17.2 Å². The number of rotatable bonds is 10. The molecule has 2 aromatic carbocycles. The molecule has 0 atom stereocenters. The van der Waals surface area contributed by atoms with E-state index < -0.39 is 0 Å². The van der Waals surface area contributed by atoms with E-state index in [-0.39, 0.29) is 5.91 Å². The summed E-state index contributed by atoms with van der Waals surface area (Å²) >= 11 is 1.85. The van der Waals surface area contributed by atoms with E-state index in [1.54, 1.807) is 19.5 Å². The standard InChI is InChI=1S/C28H33N5O3S/c1-35-23-6-8-26-21(18-23)9-11-33(26)28-24-19-22(5-7-25(24)29-20-30-28)31-27(34)4-2-16-37-17-3-10-32-12-14-36-15-13-32/h2,4-8,18-20H,3,9-17H2,1H3,(H,31,34). The summed E-state index contributed by atoms with van der Waals surface area (Å²) in [6.45, 7) is 5.71. The van der Waals surface area contributed by atoms with Crippen LogP contribution in [0.5, 0.6) is 5.75 Å². The van der Waals surface area contributed by atoms with Gasteiger partial charge in [-0.25, -0.2) is 9.97 Å². The van der Waals surface area contributed by atoms with Crippen molar-refractivity contribution in [2.45, 2.75) is 12.8 Å². The second-order valence-electron chi connectivity index (χ2n) is 9.10. The molecule has 8 nitrogen and oxygen atoms in total. The molecule has 0 saturated carbocycles. The maximum Gasteiger partial charge on any atom is 0.248 e. The van der Waals surface area contributed by atoms with Crippen LogP contribution in [0.1, 0.15) is 12.0 Å². The van der Waals surface area contributed by atoms with Gasteiger partial charge in [-0.05, 0) is 67.1 Å². The lowest BCUT2D eigenvalue weighted by atomic mass is 10.1. The van der Waals surface area contributed by atoms with Crippen LogP contribution >= 0.6 is 11.8 Å². The van der Waals surface area contributed by atoms with E-state index >= 15 is 0 Å². The quantitative estimate of drug-likeness (QED) is 0.314. The maximum atomic E-state index is 12.5. The first-order valence-electron chi connectivity index (χ1n) is 12.8. The summed E-state index contributed by atoms with van der Waals surface area (Å²) in [5.74, 6) is 3.48. The lowest BCUT2D eigenvalue weighted by Crippen LogP contribution is -2.36. The van der Waals surface area contributed by atoms with Gasteiger partial charge in [0.25, 0.3) is 0 Å². The summed E-state index contributed by atoms with van der Waals surface area (Å²) in [4.78, 5) is 26.2. The summed E-state index contributed by atoms with van der Waals surface area (Å²) in [5, 5.41) is 3.89. The zero-order chi connectivity index (χ0) is 25.5. The molecule has 0 unspecified atom stereocenters. The highest BCUT2D eigenvalue weighted by Gasteiger charge is 2.24. The molecule has 0 aliphatic carbocycles. The lowest BCUT2D eigenvalue weighted by Gasteiger charge is -2.26. The highest BCUT2D eigenvalue weighted by atomic mass is 32.2. The van der Waals surface area contributed by atoms with Crippen LogP contribution in [0.25, 0.3) is 10.9 Å². The summed E-state index contributed by atoms with van der Waals surface area (Å²) in [6.07, 6.45) is 7.22. The Balaban J connectivity index is 1.17. The van der Waals surface area contributed by atoms with Crippen LogP contribution in [-0.2, 0) is 16.0 Å². The van der Waals surface area contributed by atoms with Crippen LogP contribution in [0.15, 0.2) is 54.9 Å². The summed E-state index contributed by atoms with van der Waals surface area (Å²) < 4.78 is 10.8. The molecular weight excluding hydrogens is 486 g/mol. The van der Waals surface area contributed by atoms with Crippen LogP contribution < -0.4 is 15.0 Å². The van der Waals surface area contributed by atoms with Gasteiger partial charge < -0.3 is 19.7 Å². The van der Waals surface area contributed by atoms with E-state index in [1.807, 2.05) is 42.1 Å². The highest BCUT2D eigenvalue weighted by Crippen LogP contribution is 2.38. The monoisotopic (exact) mass is 519 g/mol. The number of nitrogens with one attached hydrogen (secondary N) is 1. The Bertz CT molecular complexity index is 1260. The molecule has 1 fully saturated rings. The average molecular weight is 520 g/mol. The minimum Gasteiger partial charge on any atom is -0.497 e. The molecule has 1 saturated heterocycles. The zero-order valence-corrected chi connectivity index (χ0v) is 22.0. The van der Waals surface area contributed by atoms with Crippen molar-refractivity contribution in [1.29, 1.82) is 0 Å². The number of methoxy groups -OCH3 is 1. The SMILES string of the molecule is COc1ccc2c(c1)CCN2c1ncnc2ccc(NC(=O)C=CCSCCCN3CCOCC3)cc12. The molecule has 0 radical (unpaired) electrons. The fourth-order valence-corrected chi connectivity index (χ4v) is 5.50. The summed E-state index contributed by atoms with van der Waals surface area (Å²) in [5.41, 5.74) is 3.93. The Labute approximate surface area is 222 Å². The van der Waals surface area contributed by atoms with Crippen molar-refractivity contribution < 1.29 is 14.3 Å². The van der Waals surface area contributed by atoms with Gasteiger partial charge in [-0.1, -0.05) is 6.08 Å². The number of benzene rings is 2. The molecule has 1 N–H and O–H groups in total. The minimum absolute atomic E-state index is 0.134. The third kappa shape index (κ3) is 6.41. The van der Waals surface area contributed by atoms with Gasteiger partial charge in [-0.15, -0.1) is 0 Å². The van der Waals surface area contributed by atoms with Crippen molar-refractivity contribution in [3.63, 3.8) is 0 Å². The first-order chi connectivity index (χ1) is 18.2. The Kier molecular flexibility index (Phi) is 8.55. The fourth-order valence-electron chi connectivity index (χ4n) is 4.77. The second kappa shape index (κ2) is 12.4. The third-order valence-electron chi connectivity index (χ3n) is 6.67. The van der Waals surface area contributed by atoms with Crippen LogP contribution in [0.3, 0.4) is 0 Å². The molecule has 9 heteroatoms. The number of hydrogen-bond donors (Lipinski definition) is 1. The Morgan fingerprint density at radius 2 is 2.05 bits per heavy atom. The molecular formula is C28H33N5O3S.